The van der Waals surface area contributed by atoms with E-state index < -0.39 is 0 Å². The van der Waals surface area contributed by atoms with Gasteiger partial charge in [0.25, 0.3) is 11.5 Å². The average molecular weight is 507 g/mol. The van der Waals surface area contributed by atoms with Crippen LogP contribution in [0.4, 0.5) is 10.2 Å². The molecular formula is C25H19FN4O3S2. The standard InChI is InChI=1S/C25H19FN4O3S2/c1-15-4-9-21-28-22(27-12-18-3-2-10-33-18)19(23(31)29(21)13-15)11-20-24(32)30(25(34)35-20)14-16-5-7-17(26)8-6-16/h2-11,13,27H,12,14H2,1H3. The van der Waals surface area contributed by atoms with Gasteiger partial charge < -0.3 is 9.73 Å². The summed E-state index contributed by atoms with van der Waals surface area (Å²) in [5.41, 5.74) is 2.04. The van der Waals surface area contributed by atoms with Gasteiger partial charge in [0.05, 0.1) is 29.8 Å². The van der Waals surface area contributed by atoms with E-state index in [1.165, 1.54) is 27.5 Å². The van der Waals surface area contributed by atoms with Gasteiger partial charge in [-0.3, -0.25) is 18.9 Å². The highest BCUT2D eigenvalue weighted by atomic mass is 32.2. The Morgan fingerprint density at radius 1 is 1.17 bits per heavy atom. The third-order valence-electron chi connectivity index (χ3n) is 5.42. The van der Waals surface area contributed by atoms with Crippen molar-refractivity contribution in [2.24, 2.45) is 0 Å². The molecule has 176 valence electrons. The van der Waals surface area contributed by atoms with E-state index in [0.717, 1.165) is 22.9 Å². The van der Waals surface area contributed by atoms with E-state index >= 15 is 0 Å². The molecule has 1 amide bonds. The number of carbonyl (C=O) groups is 1. The third-order valence-corrected chi connectivity index (χ3v) is 6.80. The zero-order valence-electron chi connectivity index (χ0n) is 18.5. The lowest BCUT2D eigenvalue weighted by molar-refractivity contribution is -0.122. The number of anilines is 1. The lowest BCUT2D eigenvalue weighted by Crippen LogP contribution is -2.27. The molecule has 0 saturated carbocycles. The van der Waals surface area contributed by atoms with Gasteiger partial charge in [-0.05, 0) is 54.5 Å². The number of carbonyl (C=O) groups excluding carboxylic acids is 1. The summed E-state index contributed by atoms with van der Waals surface area (Å²) in [6.45, 7) is 2.41. The summed E-state index contributed by atoms with van der Waals surface area (Å²) >= 11 is 6.54. The molecule has 10 heteroatoms. The SMILES string of the molecule is Cc1ccc2nc(NCc3ccco3)c(C=C3SC(=S)N(Cc4ccc(F)cc4)C3=O)c(=O)n2c1. The predicted molar refractivity (Wildman–Crippen MR) is 137 cm³/mol. The van der Waals surface area contributed by atoms with Crippen molar-refractivity contribution in [2.45, 2.75) is 20.0 Å². The summed E-state index contributed by atoms with van der Waals surface area (Å²) in [7, 11) is 0. The molecule has 1 fully saturated rings. The Bertz CT molecular complexity index is 1530. The van der Waals surface area contributed by atoms with Gasteiger partial charge in [-0.1, -0.05) is 42.2 Å². The second kappa shape index (κ2) is 9.47. The number of rotatable bonds is 6. The zero-order chi connectivity index (χ0) is 24.5. The van der Waals surface area contributed by atoms with Crippen molar-refractivity contribution in [3.05, 3.63) is 105 Å². The Morgan fingerprint density at radius 3 is 2.71 bits per heavy atom. The van der Waals surface area contributed by atoms with Gasteiger partial charge in [-0.15, -0.1) is 0 Å². The number of hydrogen-bond donors (Lipinski definition) is 1. The first-order chi connectivity index (χ1) is 16.9. The second-order valence-corrected chi connectivity index (χ2v) is 9.62. The van der Waals surface area contributed by atoms with E-state index in [9.17, 15) is 14.0 Å². The molecule has 0 aliphatic carbocycles. The summed E-state index contributed by atoms with van der Waals surface area (Å²) in [4.78, 5) is 33.0. The van der Waals surface area contributed by atoms with Gasteiger partial charge in [0.1, 0.15) is 27.4 Å². The lowest BCUT2D eigenvalue weighted by Gasteiger charge is -2.14. The molecule has 3 aromatic heterocycles. The van der Waals surface area contributed by atoms with Crippen molar-refractivity contribution >= 4 is 51.7 Å². The van der Waals surface area contributed by atoms with Crippen LogP contribution >= 0.6 is 24.0 Å². The molecule has 0 spiro atoms. The molecule has 1 aliphatic rings. The number of aromatic nitrogens is 2. The quantitative estimate of drug-likeness (QED) is 0.299. The van der Waals surface area contributed by atoms with Crippen LogP contribution in [-0.4, -0.2) is 24.5 Å². The number of nitrogens with zero attached hydrogens (tertiary/aromatic N) is 3. The lowest BCUT2D eigenvalue weighted by atomic mass is 10.2. The molecular weight excluding hydrogens is 487 g/mol. The molecule has 0 radical (unpaired) electrons. The summed E-state index contributed by atoms with van der Waals surface area (Å²) in [5.74, 6) is 0.328. The van der Waals surface area contributed by atoms with Gasteiger partial charge in [-0.2, -0.15) is 0 Å². The number of nitrogens with one attached hydrogen (secondary N) is 1. The van der Waals surface area contributed by atoms with Crippen LogP contribution in [0.1, 0.15) is 22.5 Å². The predicted octanol–water partition coefficient (Wildman–Crippen LogP) is 4.75. The van der Waals surface area contributed by atoms with Crippen LogP contribution in [0.2, 0.25) is 0 Å². The maximum Gasteiger partial charge on any atom is 0.267 e. The summed E-state index contributed by atoms with van der Waals surface area (Å²) in [6, 6.07) is 13.1. The van der Waals surface area contributed by atoms with E-state index in [1.54, 1.807) is 36.7 Å². The average Bonchev–Trinajstić information content (AvgIpc) is 3.45. The Labute approximate surface area is 209 Å². The number of thioether (sulfide) groups is 1. The van der Waals surface area contributed by atoms with Crippen LogP contribution in [0.15, 0.2) is 75.1 Å². The molecule has 4 aromatic rings. The molecule has 4 heterocycles. The molecule has 1 saturated heterocycles. The number of fused-ring (bicyclic) bond motifs is 1. The molecule has 7 nitrogen and oxygen atoms in total. The minimum Gasteiger partial charge on any atom is -0.467 e. The van der Waals surface area contributed by atoms with Crippen molar-refractivity contribution in [3.63, 3.8) is 0 Å². The maximum absolute atomic E-state index is 13.5. The Balaban J connectivity index is 1.52. The van der Waals surface area contributed by atoms with Crippen LogP contribution in [-0.2, 0) is 17.9 Å². The molecule has 0 atom stereocenters. The third kappa shape index (κ3) is 4.75. The minimum absolute atomic E-state index is 0.208. The highest BCUT2D eigenvalue weighted by molar-refractivity contribution is 8.26. The molecule has 1 aliphatic heterocycles. The van der Waals surface area contributed by atoms with Gasteiger partial charge in [0.2, 0.25) is 0 Å². The summed E-state index contributed by atoms with van der Waals surface area (Å²) in [5, 5.41) is 3.15. The topological polar surface area (TPSA) is 79.8 Å². The zero-order valence-corrected chi connectivity index (χ0v) is 20.2. The highest BCUT2D eigenvalue weighted by Gasteiger charge is 2.32. The molecule has 5 rings (SSSR count). The normalized spacial score (nSPS) is 14.9. The number of furan rings is 1. The van der Waals surface area contributed by atoms with Crippen LogP contribution < -0.4 is 10.9 Å². The number of hydrogen-bond acceptors (Lipinski definition) is 7. The van der Waals surface area contributed by atoms with E-state index in [2.05, 4.69) is 10.3 Å². The van der Waals surface area contributed by atoms with Crippen LogP contribution in [0.25, 0.3) is 11.7 Å². The summed E-state index contributed by atoms with van der Waals surface area (Å²) < 4.78 is 20.4. The van der Waals surface area contributed by atoms with E-state index in [0.29, 0.717) is 33.0 Å². The van der Waals surface area contributed by atoms with Crippen LogP contribution in [0.3, 0.4) is 0 Å². The Morgan fingerprint density at radius 2 is 1.97 bits per heavy atom. The first kappa shape index (κ1) is 23.0. The fraction of sp³-hybridized carbons (Fsp3) is 0.120. The van der Waals surface area contributed by atoms with Crippen LogP contribution in [0, 0.1) is 12.7 Å². The van der Waals surface area contributed by atoms with Gasteiger partial charge in [0.15, 0.2) is 0 Å². The number of benzene rings is 1. The Kier molecular flexibility index (Phi) is 6.23. The van der Waals surface area contributed by atoms with Gasteiger partial charge in [0, 0.05) is 6.20 Å². The smallest absolute Gasteiger partial charge is 0.267 e. The number of aryl methyl sites for hydroxylation is 1. The minimum atomic E-state index is -0.354. The molecule has 0 bridgehead atoms. The number of halogens is 1. The van der Waals surface area contributed by atoms with Crippen molar-refractivity contribution < 1.29 is 13.6 Å². The number of pyridine rings is 1. The highest BCUT2D eigenvalue weighted by Crippen LogP contribution is 2.34. The van der Waals surface area contributed by atoms with E-state index in [4.69, 9.17) is 16.6 Å². The molecule has 1 N–H and O–H groups in total. The van der Waals surface area contributed by atoms with Crippen molar-refractivity contribution in [3.8, 4) is 0 Å². The van der Waals surface area contributed by atoms with Gasteiger partial charge in [-0.25, -0.2) is 9.37 Å². The number of amides is 1. The van der Waals surface area contributed by atoms with Crippen molar-refractivity contribution in [1.29, 1.82) is 0 Å². The largest absolute Gasteiger partial charge is 0.467 e. The van der Waals surface area contributed by atoms with Gasteiger partial charge >= 0.3 is 0 Å². The first-order valence-corrected chi connectivity index (χ1v) is 11.9. The number of thiocarbonyl (C=S) groups is 1. The van der Waals surface area contributed by atoms with Crippen molar-refractivity contribution in [1.82, 2.24) is 14.3 Å². The monoisotopic (exact) mass is 506 g/mol. The molecule has 0 unspecified atom stereocenters. The van der Waals surface area contributed by atoms with E-state index in [-0.39, 0.29) is 29.4 Å². The van der Waals surface area contributed by atoms with E-state index in [1.807, 2.05) is 19.1 Å². The molecule has 1 aromatic carbocycles. The Hall–Kier alpha value is -3.76. The maximum atomic E-state index is 13.5. The van der Waals surface area contributed by atoms with Crippen LogP contribution in [0.5, 0.6) is 0 Å². The fourth-order valence-corrected chi connectivity index (χ4v) is 4.88. The van der Waals surface area contributed by atoms with Crippen molar-refractivity contribution in [2.75, 3.05) is 5.32 Å². The first-order valence-electron chi connectivity index (χ1n) is 10.7. The molecule has 35 heavy (non-hydrogen) atoms. The second-order valence-electron chi connectivity index (χ2n) is 7.94. The fourth-order valence-electron chi connectivity index (χ4n) is 3.65. The summed E-state index contributed by atoms with van der Waals surface area (Å²) in [6.07, 6.45) is 4.80.